The molecule has 0 radical (unpaired) electrons. The van der Waals surface area contributed by atoms with Gasteiger partial charge in [-0.3, -0.25) is 4.98 Å². The highest BCUT2D eigenvalue weighted by Crippen LogP contribution is 2.41. The fraction of sp³-hybridized carbons (Fsp3) is 0.292. The molecule has 0 spiro atoms. The number of aromatic nitrogens is 1. The van der Waals surface area contributed by atoms with Crippen molar-refractivity contribution in [1.29, 1.82) is 0 Å². The van der Waals surface area contributed by atoms with Crippen molar-refractivity contribution in [3.63, 3.8) is 0 Å². The number of nitrogens with zero attached hydrogens (tertiary/aromatic N) is 3. The third kappa shape index (κ3) is 3.73. The second kappa shape index (κ2) is 8.44. The van der Waals surface area contributed by atoms with Crippen molar-refractivity contribution >= 4 is 5.69 Å². The summed E-state index contributed by atoms with van der Waals surface area (Å²) >= 11 is 0. The van der Waals surface area contributed by atoms with Crippen LogP contribution < -0.4 is 9.64 Å². The molecule has 1 aromatic heterocycles. The molecule has 1 aliphatic heterocycles. The van der Waals surface area contributed by atoms with E-state index in [2.05, 4.69) is 58.1 Å². The minimum Gasteiger partial charge on any atom is -0.495 e. The first-order valence-electron chi connectivity index (χ1n) is 9.96. The number of rotatable bonds is 5. The van der Waals surface area contributed by atoms with Crippen molar-refractivity contribution in [1.82, 2.24) is 9.88 Å². The molecule has 3 aromatic rings. The predicted octanol–water partition coefficient (Wildman–Crippen LogP) is 4.57. The largest absolute Gasteiger partial charge is 0.495 e. The summed E-state index contributed by atoms with van der Waals surface area (Å²) in [6.45, 7) is 7.62. The molecule has 0 atom stereocenters. The number of piperazine rings is 1. The zero-order valence-electron chi connectivity index (χ0n) is 16.6. The van der Waals surface area contributed by atoms with E-state index in [1.54, 1.807) is 7.11 Å². The third-order valence-electron chi connectivity index (χ3n) is 5.49. The predicted molar refractivity (Wildman–Crippen MR) is 116 cm³/mol. The average Bonchev–Trinajstić information content (AvgIpc) is 2.79. The number of benzene rings is 2. The lowest BCUT2D eigenvalue weighted by atomic mass is 9.97. The second-order valence-corrected chi connectivity index (χ2v) is 7.08. The summed E-state index contributed by atoms with van der Waals surface area (Å²) < 4.78 is 5.90. The number of methoxy groups -OCH3 is 1. The summed E-state index contributed by atoms with van der Waals surface area (Å²) in [6.07, 6.45) is 1.84. The topological polar surface area (TPSA) is 28.6 Å². The minimum absolute atomic E-state index is 0.876. The van der Waals surface area contributed by atoms with Crippen LogP contribution in [0.3, 0.4) is 0 Å². The molecule has 28 heavy (non-hydrogen) atoms. The lowest BCUT2D eigenvalue weighted by Gasteiger charge is -2.36. The molecule has 0 amide bonds. The zero-order chi connectivity index (χ0) is 19.3. The maximum absolute atomic E-state index is 5.90. The summed E-state index contributed by atoms with van der Waals surface area (Å²) in [6, 6.07) is 21.0. The normalized spacial score (nSPS) is 14.9. The number of hydrogen-bond acceptors (Lipinski definition) is 4. The number of ether oxygens (including phenoxy) is 1. The Kier molecular flexibility index (Phi) is 5.58. The molecule has 4 nitrogen and oxygen atoms in total. The minimum atomic E-state index is 0.876. The molecule has 2 aromatic carbocycles. The smallest absolute Gasteiger partial charge is 0.136 e. The maximum atomic E-state index is 5.90. The molecular weight excluding hydrogens is 346 g/mol. The van der Waals surface area contributed by atoms with Crippen molar-refractivity contribution in [3.05, 3.63) is 66.9 Å². The number of hydrogen-bond donors (Lipinski definition) is 0. The van der Waals surface area contributed by atoms with Crippen molar-refractivity contribution in [2.24, 2.45) is 0 Å². The molecule has 0 aliphatic carbocycles. The first kappa shape index (κ1) is 18.5. The van der Waals surface area contributed by atoms with Crippen LogP contribution in [-0.4, -0.2) is 49.7 Å². The molecule has 1 saturated heterocycles. The van der Waals surface area contributed by atoms with E-state index in [1.807, 2.05) is 30.5 Å². The summed E-state index contributed by atoms with van der Waals surface area (Å²) in [5.74, 6) is 0.876. The lowest BCUT2D eigenvalue weighted by molar-refractivity contribution is 0.271. The van der Waals surface area contributed by atoms with Crippen LogP contribution in [0.1, 0.15) is 6.92 Å². The van der Waals surface area contributed by atoms with Crippen LogP contribution in [0.15, 0.2) is 66.9 Å². The van der Waals surface area contributed by atoms with Crippen LogP contribution in [0, 0.1) is 0 Å². The molecular formula is C24H27N3O. The number of pyridine rings is 1. The maximum Gasteiger partial charge on any atom is 0.136 e. The number of anilines is 1. The Bertz CT molecular complexity index is 843. The quantitative estimate of drug-likeness (QED) is 0.655. The van der Waals surface area contributed by atoms with E-state index in [4.69, 9.17) is 4.74 Å². The Hall–Kier alpha value is -2.85. The Labute approximate surface area is 167 Å². The van der Waals surface area contributed by atoms with Gasteiger partial charge in [-0.25, -0.2) is 0 Å². The lowest BCUT2D eigenvalue weighted by Crippen LogP contribution is -2.46. The average molecular weight is 374 g/mol. The van der Waals surface area contributed by atoms with Gasteiger partial charge in [0.2, 0.25) is 0 Å². The van der Waals surface area contributed by atoms with Gasteiger partial charge in [0, 0.05) is 49.2 Å². The van der Waals surface area contributed by atoms with Gasteiger partial charge in [0.25, 0.3) is 0 Å². The first-order valence-corrected chi connectivity index (χ1v) is 9.96. The van der Waals surface area contributed by atoms with Crippen LogP contribution in [0.4, 0.5) is 5.69 Å². The molecule has 4 heteroatoms. The van der Waals surface area contributed by atoms with Gasteiger partial charge in [0.15, 0.2) is 0 Å². The van der Waals surface area contributed by atoms with E-state index in [0.29, 0.717) is 0 Å². The van der Waals surface area contributed by atoms with E-state index in [1.165, 1.54) is 5.69 Å². The summed E-state index contributed by atoms with van der Waals surface area (Å²) in [5, 5.41) is 0. The fourth-order valence-electron chi connectivity index (χ4n) is 3.88. The van der Waals surface area contributed by atoms with Crippen LogP contribution in [0.2, 0.25) is 0 Å². The van der Waals surface area contributed by atoms with Crippen LogP contribution in [0.25, 0.3) is 22.4 Å². The highest BCUT2D eigenvalue weighted by atomic mass is 16.5. The van der Waals surface area contributed by atoms with Gasteiger partial charge in [-0.1, -0.05) is 43.3 Å². The van der Waals surface area contributed by atoms with Gasteiger partial charge >= 0.3 is 0 Å². The molecule has 0 saturated carbocycles. The van der Waals surface area contributed by atoms with Gasteiger partial charge in [-0.05, 0) is 36.4 Å². The van der Waals surface area contributed by atoms with Crippen LogP contribution in [0.5, 0.6) is 5.75 Å². The van der Waals surface area contributed by atoms with Gasteiger partial charge in [-0.2, -0.15) is 0 Å². The van der Waals surface area contributed by atoms with Crippen LogP contribution in [-0.2, 0) is 0 Å². The standard InChI is InChI=1S/C24H27N3O/c1-3-26-13-15-27(16-14-26)20-17-21(19-9-5-4-6-10-19)24(28-2)22(18-20)23-11-7-8-12-25-23/h4-12,17-18H,3,13-16H2,1-2H3. The van der Waals surface area contributed by atoms with E-state index < -0.39 is 0 Å². The van der Waals surface area contributed by atoms with Crippen LogP contribution >= 0.6 is 0 Å². The molecule has 144 valence electrons. The molecule has 1 fully saturated rings. The van der Waals surface area contributed by atoms with E-state index in [0.717, 1.165) is 60.9 Å². The highest BCUT2D eigenvalue weighted by Gasteiger charge is 2.21. The SMILES string of the molecule is CCN1CCN(c2cc(-c3ccccc3)c(OC)c(-c3ccccn3)c2)CC1. The molecule has 0 N–H and O–H groups in total. The van der Waals surface area contributed by atoms with Gasteiger partial charge in [0.05, 0.1) is 12.8 Å². The molecule has 1 aliphatic rings. The molecule has 0 unspecified atom stereocenters. The summed E-state index contributed by atoms with van der Waals surface area (Å²) in [7, 11) is 1.74. The van der Waals surface area contributed by atoms with Gasteiger partial charge < -0.3 is 14.5 Å². The third-order valence-corrected chi connectivity index (χ3v) is 5.49. The Morgan fingerprint density at radius 2 is 1.61 bits per heavy atom. The Morgan fingerprint density at radius 3 is 2.25 bits per heavy atom. The Balaban J connectivity index is 1.83. The monoisotopic (exact) mass is 373 g/mol. The van der Waals surface area contributed by atoms with E-state index >= 15 is 0 Å². The molecule has 0 bridgehead atoms. The van der Waals surface area contributed by atoms with Crippen molar-refractivity contribution in [2.45, 2.75) is 6.92 Å². The molecule has 4 rings (SSSR count). The number of likely N-dealkylation sites (N-methyl/N-ethyl adjacent to an activating group) is 1. The fourth-order valence-corrected chi connectivity index (χ4v) is 3.88. The van der Waals surface area contributed by atoms with Gasteiger partial charge in [-0.15, -0.1) is 0 Å². The zero-order valence-corrected chi connectivity index (χ0v) is 16.6. The highest BCUT2D eigenvalue weighted by molar-refractivity contribution is 5.85. The van der Waals surface area contributed by atoms with E-state index in [-0.39, 0.29) is 0 Å². The molecule has 2 heterocycles. The summed E-state index contributed by atoms with van der Waals surface area (Å²) in [4.78, 5) is 9.57. The van der Waals surface area contributed by atoms with Gasteiger partial charge in [0.1, 0.15) is 5.75 Å². The second-order valence-electron chi connectivity index (χ2n) is 7.08. The van der Waals surface area contributed by atoms with Crippen molar-refractivity contribution < 1.29 is 4.74 Å². The van der Waals surface area contributed by atoms with E-state index in [9.17, 15) is 0 Å². The van der Waals surface area contributed by atoms with Crippen molar-refractivity contribution in [2.75, 3.05) is 44.7 Å². The first-order chi connectivity index (χ1) is 13.8. The summed E-state index contributed by atoms with van der Waals surface area (Å²) in [5.41, 5.74) is 5.48. The van der Waals surface area contributed by atoms with Crippen molar-refractivity contribution in [3.8, 4) is 28.1 Å². The Morgan fingerprint density at radius 1 is 0.893 bits per heavy atom.